The third kappa shape index (κ3) is 4.60. The molecule has 0 aliphatic carbocycles. The van der Waals surface area contributed by atoms with Crippen molar-refractivity contribution in [1.82, 2.24) is 18.7 Å². The molecule has 1 aromatic carbocycles. The van der Waals surface area contributed by atoms with Crippen LogP contribution >= 0.6 is 0 Å². The van der Waals surface area contributed by atoms with Crippen LogP contribution in [0.15, 0.2) is 52.1 Å². The van der Waals surface area contributed by atoms with Gasteiger partial charge in [-0.3, -0.25) is 14.1 Å². The van der Waals surface area contributed by atoms with Crippen molar-refractivity contribution in [2.24, 2.45) is 12.8 Å². The molecule has 3 aromatic rings. The van der Waals surface area contributed by atoms with E-state index in [9.17, 15) is 18.0 Å². The maximum atomic E-state index is 13.3. The molecule has 3 N–H and O–H groups in total. The first kappa shape index (κ1) is 23.3. The number of likely N-dealkylation sites (N-methyl/N-ethyl adjacent to an activating group) is 1. The first-order valence-corrected chi connectivity index (χ1v) is 11.6. The molecule has 3 rings (SSSR count). The summed E-state index contributed by atoms with van der Waals surface area (Å²) < 4.78 is 31.3. The molecule has 0 aliphatic heterocycles. The smallest absolute Gasteiger partial charge is 0.333 e. The van der Waals surface area contributed by atoms with Crippen LogP contribution in [0.4, 0.5) is 11.6 Å². The van der Waals surface area contributed by atoms with Crippen LogP contribution < -0.4 is 26.6 Å². The van der Waals surface area contributed by atoms with Gasteiger partial charge < -0.3 is 15.2 Å². The van der Waals surface area contributed by atoms with Crippen molar-refractivity contribution in [1.29, 1.82) is 0 Å². The Labute approximate surface area is 185 Å². The molecule has 0 unspecified atom stereocenters. The van der Waals surface area contributed by atoms with Gasteiger partial charge in [0.2, 0.25) is 5.95 Å². The van der Waals surface area contributed by atoms with Gasteiger partial charge in [0.1, 0.15) is 0 Å². The van der Waals surface area contributed by atoms with Gasteiger partial charge in [0.15, 0.2) is 17.0 Å². The Morgan fingerprint density at radius 3 is 2.50 bits per heavy atom. The Kier molecular flexibility index (Phi) is 6.84. The summed E-state index contributed by atoms with van der Waals surface area (Å²) in [4.78, 5) is 32.5. The molecule has 11 nitrogen and oxygen atoms in total. The van der Waals surface area contributed by atoms with Crippen LogP contribution in [0.2, 0.25) is 0 Å². The fourth-order valence-corrected chi connectivity index (χ4v) is 4.46. The molecule has 2 aromatic heterocycles. The molecule has 0 bridgehead atoms. The van der Waals surface area contributed by atoms with Crippen LogP contribution in [0.3, 0.4) is 0 Å². The van der Waals surface area contributed by atoms with E-state index in [-0.39, 0.29) is 11.2 Å². The second-order valence-electron chi connectivity index (χ2n) is 7.26. The number of nitrogens with zero attached hydrogens (tertiary/aromatic N) is 5. The predicted molar refractivity (Wildman–Crippen MR) is 125 cm³/mol. The second-order valence-corrected chi connectivity index (χ2v) is 8.95. The van der Waals surface area contributed by atoms with E-state index in [4.69, 9.17) is 5.73 Å². The number of hydrogen-bond donors (Lipinski definition) is 2. The van der Waals surface area contributed by atoms with Crippen molar-refractivity contribution in [2.45, 2.75) is 19.3 Å². The lowest BCUT2D eigenvalue weighted by Gasteiger charge is -2.18. The third-order valence-electron chi connectivity index (χ3n) is 4.89. The number of aryl methyl sites for hydroxylation is 1. The number of nitrogens with one attached hydrogen (secondary N) is 1. The van der Waals surface area contributed by atoms with E-state index in [0.717, 1.165) is 0 Å². The molecular formula is C20H27N7O4S. The molecule has 0 aliphatic rings. The van der Waals surface area contributed by atoms with Gasteiger partial charge in [0, 0.05) is 39.4 Å². The topological polar surface area (TPSA) is 137 Å². The first-order valence-electron chi connectivity index (χ1n) is 9.98. The standard InChI is InChI=1S/C20H27N7O4S/c1-4-5-12-26-16-17(22-19(26)24(2)13-11-21)25(3)20(29)27(18(16)28)14-32(30,31)23-15-9-7-6-8-10-15/h4-10,23H,11-14,21H2,1-3H3. The quantitative estimate of drug-likeness (QED) is 0.436. The number of nitrogens with two attached hydrogens (primary N) is 1. The highest BCUT2D eigenvalue weighted by Gasteiger charge is 2.24. The lowest BCUT2D eigenvalue weighted by atomic mass is 10.3. The normalized spacial score (nSPS) is 12.0. The lowest BCUT2D eigenvalue weighted by Crippen LogP contribution is -2.42. The molecule has 0 saturated heterocycles. The number of sulfonamides is 1. The van der Waals surface area contributed by atoms with Crippen molar-refractivity contribution in [3.8, 4) is 0 Å². The van der Waals surface area contributed by atoms with Gasteiger partial charge in [-0.1, -0.05) is 30.4 Å². The summed E-state index contributed by atoms with van der Waals surface area (Å²) in [5, 5.41) is 0. The average molecular weight is 462 g/mol. The van der Waals surface area contributed by atoms with Gasteiger partial charge in [-0.25, -0.2) is 17.8 Å². The average Bonchev–Trinajstić information content (AvgIpc) is 3.14. The van der Waals surface area contributed by atoms with E-state index in [2.05, 4.69) is 9.71 Å². The number of imidazole rings is 1. The molecule has 0 saturated carbocycles. The molecule has 0 radical (unpaired) electrons. The van der Waals surface area contributed by atoms with Crippen molar-refractivity contribution in [3.63, 3.8) is 0 Å². The summed E-state index contributed by atoms with van der Waals surface area (Å²) in [6.45, 7) is 3.02. The molecule has 2 heterocycles. The van der Waals surface area contributed by atoms with E-state index < -0.39 is 27.1 Å². The Balaban J connectivity index is 2.18. The Morgan fingerprint density at radius 1 is 1.19 bits per heavy atom. The Bertz CT molecular complexity index is 1350. The molecule has 32 heavy (non-hydrogen) atoms. The largest absolute Gasteiger partial charge is 0.344 e. The summed E-state index contributed by atoms with van der Waals surface area (Å²) in [6, 6.07) is 8.25. The molecule has 0 atom stereocenters. The van der Waals surface area contributed by atoms with Gasteiger partial charge in [-0.15, -0.1) is 0 Å². The zero-order valence-corrected chi connectivity index (χ0v) is 19.0. The summed E-state index contributed by atoms with van der Waals surface area (Å²) in [5.74, 6) is -0.370. The molecule has 0 amide bonds. The maximum absolute atomic E-state index is 13.3. The van der Waals surface area contributed by atoms with Crippen LogP contribution in [-0.4, -0.2) is 47.2 Å². The van der Waals surface area contributed by atoms with E-state index in [1.165, 1.54) is 11.6 Å². The highest BCUT2D eigenvalue weighted by Crippen LogP contribution is 2.19. The number of fused-ring (bicyclic) bond motifs is 1. The zero-order chi connectivity index (χ0) is 23.5. The van der Waals surface area contributed by atoms with Crippen LogP contribution in [0.1, 0.15) is 6.92 Å². The van der Waals surface area contributed by atoms with Gasteiger partial charge >= 0.3 is 5.69 Å². The van der Waals surface area contributed by atoms with Crippen molar-refractivity contribution in [2.75, 3.05) is 29.8 Å². The van der Waals surface area contributed by atoms with Gasteiger partial charge in [-0.05, 0) is 19.1 Å². The Morgan fingerprint density at radius 2 is 1.88 bits per heavy atom. The van der Waals surface area contributed by atoms with Crippen molar-refractivity contribution in [3.05, 3.63) is 63.3 Å². The van der Waals surface area contributed by atoms with Gasteiger partial charge in [-0.2, -0.15) is 4.98 Å². The fraction of sp³-hybridized carbons (Fsp3) is 0.350. The zero-order valence-electron chi connectivity index (χ0n) is 18.2. The number of para-hydroxylation sites is 1. The molecule has 12 heteroatoms. The number of allylic oxidation sites excluding steroid dienone is 2. The molecule has 0 spiro atoms. The van der Waals surface area contributed by atoms with E-state index in [1.807, 2.05) is 19.1 Å². The van der Waals surface area contributed by atoms with Crippen LogP contribution in [0.25, 0.3) is 11.2 Å². The van der Waals surface area contributed by atoms with Crippen LogP contribution in [0.5, 0.6) is 0 Å². The second kappa shape index (κ2) is 9.40. The number of benzene rings is 1. The summed E-state index contributed by atoms with van der Waals surface area (Å²) >= 11 is 0. The molecule has 0 fully saturated rings. The maximum Gasteiger partial charge on any atom is 0.333 e. The van der Waals surface area contributed by atoms with Crippen molar-refractivity contribution >= 4 is 32.8 Å². The van der Waals surface area contributed by atoms with Gasteiger partial charge in [0.05, 0.1) is 0 Å². The number of anilines is 2. The fourth-order valence-electron chi connectivity index (χ4n) is 3.33. The highest BCUT2D eigenvalue weighted by atomic mass is 32.2. The van der Waals surface area contributed by atoms with E-state index in [1.54, 1.807) is 46.8 Å². The minimum Gasteiger partial charge on any atom is -0.344 e. The first-order chi connectivity index (χ1) is 15.2. The minimum absolute atomic E-state index is 0.138. The number of aromatic nitrogens is 4. The summed E-state index contributed by atoms with van der Waals surface area (Å²) in [6.07, 6.45) is 3.66. The third-order valence-corrected chi connectivity index (χ3v) is 6.03. The van der Waals surface area contributed by atoms with Crippen molar-refractivity contribution < 1.29 is 8.42 Å². The van der Waals surface area contributed by atoms with E-state index in [0.29, 0.717) is 35.8 Å². The lowest BCUT2D eigenvalue weighted by molar-refractivity contribution is 0.579. The summed E-state index contributed by atoms with van der Waals surface area (Å²) in [5.41, 5.74) is 4.81. The minimum atomic E-state index is -4.04. The predicted octanol–water partition coefficient (Wildman–Crippen LogP) is 0.267. The highest BCUT2D eigenvalue weighted by molar-refractivity contribution is 7.91. The molecule has 172 valence electrons. The van der Waals surface area contributed by atoms with Crippen LogP contribution in [-0.2, 0) is 29.5 Å². The Hall–Kier alpha value is -3.38. The van der Waals surface area contributed by atoms with Crippen LogP contribution in [0, 0.1) is 0 Å². The van der Waals surface area contributed by atoms with E-state index >= 15 is 0 Å². The van der Waals surface area contributed by atoms with Gasteiger partial charge in [0.25, 0.3) is 15.6 Å². The molecular weight excluding hydrogens is 434 g/mol. The summed E-state index contributed by atoms with van der Waals surface area (Å²) in [7, 11) is -0.798. The number of rotatable bonds is 9. The monoisotopic (exact) mass is 461 g/mol. The number of hydrogen-bond acceptors (Lipinski definition) is 7. The SMILES string of the molecule is CC=CCn1c(N(C)CCN)nc2c1c(=O)n(CS(=O)(=O)Nc1ccccc1)c(=O)n2C.